The van der Waals surface area contributed by atoms with Crippen molar-refractivity contribution in [3.63, 3.8) is 0 Å². The molecular weight excluding hydrogens is 435 g/mol. The molecule has 2 aromatic rings. The van der Waals surface area contributed by atoms with Crippen molar-refractivity contribution >= 4 is 29.2 Å². The number of hydrogen-bond acceptors (Lipinski definition) is 4. The van der Waals surface area contributed by atoms with Gasteiger partial charge in [0.05, 0.1) is 29.4 Å². The summed E-state index contributed by atoms with van der Waals surface area (Å²) in [6.45, 7) is 4.86. The van der Waals surface area contributed by atoms with Gasteiger partial charge in [0, 0.05) is 37.7 Å². The second-order valence-corrected chi connectivity index (χ2v) is 9.38. The van der Waals surface area contributed by atoms with E-state index in [0.29, 0.717) is 22.5 Å². The van der Waals surface area contributed by atoms with E-state index >= 15 is 0 Å². The van der Waals surface area contributed by atoms with Crippen LogP contribution in [0.3, 0.4) is 0 Å². The lowest BCUT2D eigenvalue weighted by Crippen LogP contribution is -2.50. The third kappa shape index (κ3) is 5.43. The van der Waals surface area contributed by atoms with Gasteiger partial charge in [-0.3, -0.25) is 4.90 Å². The number of nitrogens with zero attached hydrogens (tertiary/aromatic N) is 3. The summed E-state index contributed by atoms with van der Waals surface area (Å²) >= 11 is 12.2. The number of carbonyl (C=O) groups is 1. The molecule has 1 aromatic carbocycles. The Kier molecular flexibility index (Phi) is 6.89. The van der Waals surface area contributed by atoms with Gasteiger partial charge < -0.3 is 15.0 Å². The average Bonchev–Trinajstić information content (AvgIpc) is 3.16. The number of ether oxygens (including phenoxy) is 1. The summed E-state index contributed by atoms with van der Waals surface area (Å²) in [5.74, 6) is 0.552. The molecule has 0 saturated carbocycles. The first-order valence-corrected chi connectivity index (χ1v) is 11.4. The van der Waals surface area contributed by atoms with Gasteiger partial charge in [0.25, 0.3) is 0 Å². The number of likely N-dealkylation sites (tertiary alicyclic amines) is 2. The Balaban J connectivity index is 1.32. The minimum Gasteiger partial charge on any atom is -0.481 e. The van der Waals surface area contributed by atoms with Gasteiger partial charge in [-0.15, -0.1) is 0 Å². The third-order valence-corrected chi connectivity index (χ3v) is 7.01. The molecule has 8 heteroatoms. The largest absolute Gasteiger partial charge is 0.481 e. The van der Waals surface area contributed by atoms with Crippen molar-refractivity contribution in [1.82, 2.24) is 20.1 Å². The molecule has 3 heterocycles. The molecule has 1 spiro atoms. The minimum atomic E-state index is -0.0216. The molecule has 2 aliphatic rings. The Morgan fingerprint density at radius 2 is 2.03 bits per heavy atom. The zero-order valence-electron chi connectivity index (χ0n) is 17.7. The third-order valence-electron chi connectivity index (χ3n) is 6.27. The number of aromatic nitrogens is 1. The monoisotopic (exact) mass is 462 g/mol. The van der Waals surface area contributed by atoms with Crippen molar-refractivity contribution in [3.05, 3.63) is 57.7 Å². The second-order valence-electron chi connectivity index (χ2n) is 8.56. The standard InChI is InChI=1S/C23H28Cl2N4O2/c1-31-21-5-2-4-18(27-21)13-26-22(30)29-10-3-8-23(16-29)9-11-28(15-23)14-17-6-7-19(24)20(25)12-17/h2,4-7,12H,3,8-11,13-16H2,1H3,(H,26,30). The van der Waals surface area contributed by atoms with Crippen LogP contribution in [-0.4, -0.2) is 54.1 Å². The Hall–Kier alpha value is -2.02. The van der Waals surface area contributed by atoms with Gasteiger partial charge in [0.15, 0.2) is 0 Å². The zero-order valence-corrected chi connectivity index (χ0v) is 19.3. The molecule has 2 amide bonds. The van der Waals surface area contributed by atoms with Crippen molar-refractivity contribution in [3.8, 4) is 5.88 Å². The van der Waals surface area contributed by atoms with Gasteiger partial charge in [-0.25, -0.2) is 9.78 Å². The highest BCUT2D eigenvalue weighted by Gasteiger charge is 2.42. The summed E-state index contributed by atoms with van der Waals surface area (Å²) in [6, 6.07) is 11.4. The van der Waals surface area contributed by atoms with E-state index in [2.05, 4.69) is 15.2 Å². The predicted molar refractivity (Wildman–Crippen MR) is 123 cm³/mol. The van der Waals surface area contributed by atoms with Crippen LogP contribution in [0, 0.1) is 5.41 Å². The molecule has 1 N–H and O–H groups in total. The van der Waals surface area contributed by atoms with Crippen LogP contribution in [0.4, 0.5) is 4.79 Å². The van der Waals surface area contributed by atoms with Gasteiger partial charge in [0.2, 0.25) is 5.88 Å². The molecular formula is C23H28Cl2N4O2. The quantitative estimate of drug-likeness (QED) is 0.705. The van der Waals surface area contributed by atoms with Crippen LogP contribution >= 0.6 is 23.2 Å². The number of rotatable bonds is 5. The van der Waals surface area contributed by atoms with E-state index in [1.54, 1.807) is 13.2 Å². The molecule has 1 atom stereocenters. The molecule has 0 radical (unpaired) electrons. The highest BCUT2D eigenvalue weighted by molar-refractivity contribution is 6.42. The SMILES string of the molecule is COc1cccc(CNC(=O)N2CCCC3(CCN(Cc4ccc(Cl)c(Cl)c4)C3)C2)n1. The van der Waals surface area contributed by atoms with Gasteiger partial charge in [-0.2, -0.15) is 0 Å². The minimum absolute atomic E-state index is 0.0216. The topological polar surface area (TPSA) is 57.7 Å². The van der Waals surface area contributed by atoms with Crippen molar-refractivity contribution in [1.29, 1.82) is 0 Å². The maximum atomic E-state index is 12.8. The van der Waals surface area contributed by atoms with Gasteiger partial charge in [-0.05, 0) is 49.6 Å². The summed E-state index contributed by atoms with van der Waals surface area (Å²) in [5.41, 5.74) is 2.12. The first-order valence-electron chi connectivity index (χ1n) is 10.7. The van der Waals surface area contributed by atoms with E-state index < -0.39 is 0 Å². The molecule has 6 nitrogen and oxygen atoms in total. The summed E-state index contributed by atoms with van der Waals surface area (Å²) in [5, 5.41) is 4.20. The number of piperidine rings is 1. The van der Waals surface area contributed by atoms with Crippen molar-refractivity contribution in [2.75, 3.05) is 33.3 Å². The van der Waals surface area contributed by atoms with E-state index in [1.807, 2.05) is 35.2 Å². The zero-order chi connectivity index (χ0) is 21.8. The number of urea groups is 1. The molecule has 31 heavy (non-hydrogen) atoms. The normalized spacial score (nSPS) is 21.5. The van der Waals surface area contributed by atoms with Gasteiger partial charge in [0.1, 0.15) is 0 Å². The van der Waals surface area contributed by atoms with E-state index in [-0.39, 0.29) is 11.4 Å². The predicted octanol–water partition coefficient (Wildman–Crippen LogP) is 4.59. The van der Waals surface area contributed by atoms with Crippen LogP contribution in [0.25, 0.3) is 0 Å². The number of pyridine rings is 1. The number of amides is 2. The number of benzene rings is 1. The summed E-state index contributed by atoms with van der Waals surface area (Å²) in [4.78, 5) is 21.6. The fraction of sp³-hybridized carbons (Fsp3) is 0.478. The molecule has 166 valence electrons. The van der Waals surface area contributed by atoms with E-state index in [1.165, 1.54) is 5.56 Å². The molecule has 0 aliphatic carbocycles. The summed E-state index contributed by atoms with van der Waals surface area (Å²) in [6.07, 6.45) is 3.30. The Morgan fingerprint density at radius 3 is 2.84 bits per heavy atom. The van der Waals surface area contributed by atoms with Crippen molar-refractivity contribution < 1.29 is 9.53 Å². The number of nitrogens with one attached hydrogen (secondary N) is 1. The summed E-state index contributed by atoms with van der Waals surface area (Å²) in [7, 11) is 1.59. The van der Waals surface area contributed by atoms with Crippen molar-refractivity contribution in [2.45, 2.75) is 32.4 Å². The Morgan fingerprint density at radius 1 is 1.16 bits per heavy atom. The van der Waals surface area contributed by atoms with E-state index in [9.17, 15) is 4.79 Å². The molecule has 2 fully saturated rings. The van der Waals surface area contributed by atoms with Crippen LogP contribution in [0.1, 0.15) is 30.5 Å². The molecule has 4 rings (SSSR count). The number of methoxy groups -OCH3 is 1. The van der Waals surface area contributed by atoms with Crippen LogP contribution in [0.2, 0.25) is 10.0 Å². The highest BCUT2D eigenvalue weighted by Crippen LogP contribution is 2.39. The van der Waals surface area contributed by atoms with E-state index in [4.69, 9.17) is 27.9 Å². The molecule has 1 aromatic heterocycles. The first kappa shape index (κ1) is 22.2. The number of halogens is 2. The van der Waals surface area contributed by atoms with Crippen LogP contribution in [0.5, 0.6) is 5.88 Å². The number of hydrogen-bond donors (Lipinski definition) is 1. The van der Waals surface area contributed by atoms with Crippen LogP contribution in [0.15, 0.2) is 36.4 Å². The fourth-order valence-electron chi connectivity index (χ4n) is 4.72. The molecule has 0 bridgehead atoms. The lowest BCUT2D eigenvalue weighted by Gasteiger charge is -2.40. The molecule has 2 saturated heterocycles. The van der Waals surface area contributed by atoms with Gasteiger partial charge in [-0.1, -0.05) is 35.3 Å². The smallest absolute Gasteiger partial charge is 0.317 e. The lowest BCUT2D eigenvalue weighted by atomic mass is 9.79. The molecule has 2 aliphatic heterocycles. The maximum absolute atomic E-state index is 12.8. The lowest BCUT2D eigenvalue weighted by molar-refractivity contribution is 0.107. The van der Waals surface area contributed by atoms with Crippen LogP contribution < -0.4 is 10.1 Å². The number of carbonyl (C=O) groups excluding carboxylic acids is 1. The van der Waals surface area contributed by atoms with Gasteiger partial charge >= 0.3 is 6.03 Å². The van der Waals surface area contributed by atoms with Crippen LogP contribution in [-0.2, 0) is 13.1 Å². The average molecular weight is 463 g/mol. The maximum Gasteiger partial charge on any atom is 0.317 e. The van der Waals surface area contributed by atoms with Crippen molar-refractivity contribution in [2.24, 2.45) is 5.41 Å². The van der Waals surface area contributed by atoms with E-state index in [0.717, 1.165) is 57.7 Å². The Bertz CT molecular complexity index is 942. The molecule has 1 unspecified atom stereocenters. The first-order chi connectivity index (χ1) is 15.0. The second kappa shape index (κ2) is 9.63. The fourth-order valence-corrected chi connectivity index (χ4v) is 5.04. The Labute approximate surface area is 193 Å². The highest BCUT2D eigenvalue weighted by atomic mass is 35.5. The summed E-state index contributed by atoms with van der Waals surface area (Å²) < 4.78 is 5.15.